The van der Waals surface area contributed by atoms with Crippen LogP contribution >= 0.6 is 0 Å². The number of ether oxygens (including phenoxy) is 1. The Morgan fingerprint density at radius 2 is 1.63 bits per heavy atom. The van der Waals surface area contributed by atoms with Crippen LogP contribution in [0.2, 0.25) is 0 Å². The third-order valence-corrected chi connectivity index (χ3v) is 4.88. The van der Waals surface area contributed by atoms with Gasteiger partial charge in [-0.2, -0.15) is 5.10 Å². The summed E-state index contributed by atoms with van der Waals surface area (Å²) in [4.78, 5) is 24.7. The van der Waals surface area contributed by atoms with E-state index in [4.69, 9.17) is 4.74 Å². The molecule has 0 aliphatic heterocycles. The van der Waals surface area contributed by atoms with Gasteiger partial charge in [-0.15, -0.1) is 0 Å². The number of benzene rings is 3. The van der Waals surface area contributed by atoms with Gasteiger partial charge in [0.05, 0.1) is 28.3 Å². The second-order valence-electron chi connectivity index (χ2n) is 6.98. The Morgan fingerprint density at radius 3 is 2.40 bits per heavy atom. The normalized spacial score (nSPS) is 10.7. The molecule has 30 heavy (non-hydrogen) atoms. The van der Waals surface area contributed by atoms with Gasteiger partial charge in [-0.25, -0.2) is 9.48 Å². The molecule has 0 radical (unpaired) electrons. The molecule has 0 aliphatic rings. The number of hydrogen-bond donors (Lipinski definition) is 1. The number of para-hydroxylation sites is 1. The fourth-order valence-corrected chi connectivity index (χ4v) is 3.35. The molecule has 6 heteroatoms. The average Bonchev–Trinajstić information content (AvgIpc) is 3.06. The predicted molar refractivity (Wildman–Crippen MR) is 116 cm³/mol. The van der Waals surface area contributed by atoms with Crippen molar-refractivity contribution >= 4 is 28.3 Å². The molecule has 1 aromatic heterocycles. The maximum Gasteiger partial charge on any atom is 0.338 e. The molecule has 4 aromatic rings. The zero-order valence-corrected chi connectivity index (χ0v) is 16.8. The summed E-state index contributed by atoms with van der Waals surface area (Å²) in [6.45, 7) is 3.33. The molecule has 3 aromatic carbocycles. The number of aromatic nitrogens is 2. The summed E-state index contributed by atoms with van der Waals surface area (Å²) < 4.78 is 6.97. The van der Waals surface area contributed by atoms with Crippen molar-refractivity contribution in [3.8, 4) is 5.69 Å². The molecule has 0 saturated heterocycles. The summed E-state index contributed by atoms with van der Waals surface area (Å²) in [6.07, 6.45) is 0. The van der Waals surface area contributed by atoms with Gasteiger partial charge < -0.3 is 10.1 Å². The van der Waals surface area contributed by atoms with Crippen molar-refractivity contribution in [3.05, 3.63) is 89.7 Å². The van der Waals surface area contributed by atoms with Crippen LogP contribution in [0.1, 0.15) is 21.7 Å². The lowest BCUT2D eigenvalue weighted by atomic mass is 10.1. The zero-order chi connectivity index (χ0) is 21.1. The molecule has 1 N–H and O–H groups in total. The van der Waals surface area contributed by atoms with Crippen molar-refractivity contribution < 1.29 is 14.3 Å². The quantitative estimate of drug-likeness (QED) is 0.504. The van der Waals surface area contributed by atoms with Gasteiger partial charge in [0.1, 0.15) is 0 Å². The lowest BCUT2D eigenvalue weighted by molar-refractivity contribution is -0.119. The molecule has 1 amide bonds. The topological polar surface area (TPSA) is 73.2 Å². The van der Waals surface area contributed by atoms with E-state index in [0.717, 1.165) is 22.2 Å². The van der Waals surface area contributed by atoms with E-state index in [2.05, 4.69) is 10.4 Å². The van der Waals surface area contributed by atoms with E-state index in [-0.39, 0.29) is 6.61 Å². The van der Waals surface area contributed by atoms with Crippen LogP contribution in [0.5, 0.6) is 0 Å². The van der Waals surface area contributed by atoms with E-state index < -0.39 is 11.9 Å². The predicted octanol–water partition coefficient (Wildman–Crippen LogP) is 4.44. The van der Waals surface area contributed by atoms with Gasteiger partial charge in [-0.1, -0.05) is 48.5 Å². The molecule has 0 fully saturated rings. The molecule has 150 valence electrons. The van der Waals surface area contributed by atoms with Crippen LogP contribution in [0, 0.1) is 13.8 Å². The Labute approximate surface area is 174 Å². The third kappa shape index (κ3) is 3.93. The monoisotopic (exact) mass is 399 g/mol. The summed E-state index contributed by atoms with van der Waals surface area (Å²) in [5, 5.41) is 9.28. The van der Waals surface area contributed by atoms with Gasteiger partial charge in [-0.3, -0.25) is 4.79 Å². The first-order valence-corrected chi connectivity index (χ1v) is 9.60. The summed E-state index contributed by atoms with van der Waals surface area (Å²) in [7, 11) is 0. The summed E-state index contributed by atoms with van der Waals surface area (Å²) in [6, 6.07) is 22.7. The Bertz CT molecular complexity index is 1230. The maximum atomic E-state index is 12.4. The molecular weight excluding hydrogens is 378 g/mol. The number of fused-ring (bicyclic) bond motifs is 1. The van der Waals surface area contributed by atoms with Crippen molar-refractivity contribution in [2.24, 2.45) is 0 Å². The lowest BCUT2D eigenvalue weighted by Gasteiger charge is -2.08. The largest absolute Gasteiger partial charge is 0.452 e. The number of carbonyl (C=O) groups excluding carboxylic acids is 2. The second-order valence-corrected chi connectivity index (χ2v) is 6.98. The van der Waals surface area contributed by atoms with Crippen molar-refractivity contribution in [1.82, 2.24) is 9.78 Å². The number of esters is 1. The van der Waals surface area contributed by atoms with Crippen molar-refractivity contribution in [1.29, 1.82) is 0 Å². The number of nitrogens with zero attached hydrogens (tertiary/aromatic N) is 2. The Balaban J connectivity index is 1.42. The molecule has 4 rings (SSSR count). The number of anilines is 1. The first kappa shape index (κ1) is 19.4. The number of hydrogen-bond acceptors (Lipinski definition) is 4. The SMILES string of the molecule is Cc1nn(-c2ccccc2)c(C)c1NC(=O)COC(=O)c1ccc2ccccc2c1. The molecule has 0 spiro atoms. The van der Waals surface area contributed by atoms with E-state index in [1.807, 2.05) is 74.5 Å². The van der Waals surface area contributed by atoms with E-state index in [9.17, 15) is 9.59 Å². The minimum atomic E-state index is -0.538. The summed E-state index contributed by atoms with van der Waals surface area (Å²) >= 11 is 0. The highest BCUT2D eigenvalue weighted by atomic mass is 16.5. The fraction of sp³-hybridized carbons (Fsp3) is 0.125. The van der Waals surface area contributed by atoms with Crippen LogP contribution in [0.4, 0.5) is 5.69 Å². The first-order chi connectivity index (χ1) is 14.5. The van der Waals surface area contributed by atoms with E-state index in [0.29, 0.717) is 16.9 Å². The third-order valence-electron chi connectivity index (χ3n) is 4.88. The number of carbonyl (C=O) groups is 2. The summed E-state index contributed by atoms with van der Waals surface area (Å²) in [5.74, 6) is -0.952. The van der Waals surface area contributed by atoms with Crippen molar-refractivity contribution in [3.63, 3.8) is 0 Å². The van der Waals surface area contributed by atoms with Crippen LogP contribution in [-0.4, -0.2) is 28.3 Å². The van der Waals surface area contributed by atoms with Gasteiger partial charge in [-0.05, 0) is 48.9 Å². The van der Waals surface area contributed by atoms with Gasteiger partial charge >= 0.3 is 5.97 Å². The highest BCUT2D eigenvalue weighted by molar-refractivity contribution is 5.98. The van der Waals surface area contributed by atoms with Crippen LogP contribution in [0.15, 0.2) is 72.8 Å². The Kier molecular flexibility index (Phi) is 5.30. The van der Waals surface area contributed by atoms with Crippen LogP contribution < -0.4 is 5.32 Å². The standard InChI is InChI=1S/C24H21N3O3/c1-16-23(17(2)27(26-16)21-10-4-3-5-11-21)25-22(28)15-30-24(29)20-13-12-18-8-6-7-9-19(18)14-20/h3-14H,15H2,1-2H3,(H,25,28). The summed E-state index contributed by atoms with van der Waals surface area (Å²) in [5.41, 5.74) is 3.41. The molecule has 0 bridgehead atoms. The maximum absolute atomic E-state index is 12.4. The number of nitrogens with one attached hydrogen (secondary N) is 1. The van der Waals surface area contributed by atoms with E-state index in [1.54, 1.807) is 16.8 Å². The van der Waals surface area contributed by atoms with Gasteiger partial charge in [0.2, 0.25) is 0 Å². The molecule has 0 aliphatic carbocycles. The van der Waals surface area contributed by atoms with Gasteiger partial charge in [0, 0.05) is 0 Å². The highest BCUT2D eigenvalue weighted by Crippen LogP contribution is 2.22. The smallest absolute Gasteiger partial charge is 0.338 e. The van der Waals surface area contributed by atoms with E-state index in [1.165, 1.54) is 0 Å². The van der Waals surface area contributed by atoms with Crippen molar-refractivity contribution in [2.45, 2.75) is 13.8 Å². The number of amides is 1. The van der Waals surface area contributed by atoms with Crippen LogP contribution in [0.25, 0.3) is 16.5 Å². The average molecular weight is 399 g/mol. The zero-order valence-electron chi connectivity index (χ0n) is 16.8. The molecule has 1 heterocycles. The van der Waals surface area contributed by atoms with Gasteiger partial charge in [0.15, 0.2) is 6.61 Å². The van der Waals surface area contributed by atoms with Crippen LogP contribution in [0.3, 0.4) is 0 Å². The minimum absolute atomic E-state index is 0.374. The molecule has 6 nitrogen and oxygen atoms in total. The number of aryl methyl sites for hydroxylation is 1. The van der Waals surface area contributed by atoms with Crippen LogP contribution in [-0.2, 0) is 9.53 Å². The molecule has 0 saturated carbocycles. The number of rotatable bonds is 5. The first-order valence-electron chi connectivity index (χ1n) is 9.60. The lowest BCUT2D eigenvalue weighted by Crippen LogP contribution is -2.21. The Hall–Kier alpha value is -3.93. The fourth-order valence-electron chi connectivity index (χ4n) is 3.35. The molecule has 0 atom stereocenters. The van der Waals surface area contributed by atoms with Crippen molar-refractivity contribution in [2.75, 3.05) is 11.9 Å². The van der Waals surface area contributed by atoms with Gasteiger partial charge in [0.25, 0.3) is 5.91 Å². The minimum Gasteiger partial charge on any atom is -0.452 e. The highest BCUT2D eigenvalue weighted by Gasteiger charge is 2.17. The Morgan fingerprint density at radius 1 is 0.933 bits per heavy atom. The second kappa shape index (κ2) is 8.21. The molecule has 0 unspecified atom stereocenters. The molecular formula is C24H21N3O3. The van der Waals surface area contributed by atoms with E-state index >= 15 is 0 Å².